The molecule has 0 unspecified atom stereocenters. The summed E-state index contributed by atoms with van der Waals surface area (Å²) in [6, 6.07) is -0.628. The molecule has 6 nitrogen and oxygen atoms in total. The number of hydrogen-bond donors (Lipinski definition) is 1. The van der Waals surface area contributed by atoms with Gasteiger partial charge in [-0.15, -0.1) is 11.8 Å². The molecule has 10 heteroatoms. The van der Waals surface area contributed by atoms with Crippen LogP contribution in [0, 0.1) is 0 Å². The minimum Gasteiger partial charge on any atom is -0.456 e. The molecule has 0 aromatic carbocycles. The molecule has 116 valence electrons. The third kappa shape index (κ3) is 3.41. The summed E-state index contributed by atoms with van der Waals surface area (Å²) in [5, 5.41) is 2.11. The lowest BCUT2D eigenvalue weighted by molar-refractivity contribution is -0.152. The Morgan fingerprint density at radius 2 is 2.24 bits per heavy atom. The molecule has 0 aromatic heterocycles. The van der Waals surface area contributed by atoms with Gasteiger partial charge in [0.1, 0.15) is 23.7 Å². The summed E-state index contributed by atoms with van der Waals surface area (Å²) < 4.78 is 3.21. The highest BCUT2D eigenvalue weighted by molar-refractivity contribution is 8.00. The van der Waals surface area contributed by atoms with Gasteiger partial charge in [-0.1, -0.05) is 34.8 Å². The molecule has 0 radical (unpaired) electrons. The molecule has 1 saturated heterocycles. The van der Waals surface area contributed by atoms with Crippen molar-refractivity contribution in [2.24, 2.45) is 0 Å². The SMILES string of the molecule is CC1=C(C(=O)OCC(Cl)(Cl)Cl)N2C(=O)[C@@H](NC=O)[C@H]2SC1. The maximum Gasteiger partial charge on any atom is 0.355 e. The van der Waals surface area contributed by atoms with Crippen molar-refractivity contribution in [3.63, 3.8) is 0 Å². The van der Waals surface area contributed by atoms with E-state index in [0.29, 0.717) is 17.7 Å². The summed E-state index contributed by atoms with van der Waals surface area (Å²) in [5.74, 6) is -0.537. The average molecular weight is 374 g/mol. The van der Waals surface area contributed by atoms with Crippen LogP contribution in [0.4, 0.5) is 0 Å². The van der Waals surface area contributed by atoms with Crippen LogP contribution in [-0.4, -0.2) is 50.8 Å². The molecule has 2 aliphatic heterocycles. The van der Waals surface area contributed by atoms with E-state index in [-0.39, 0.29) is 17.0 Å². The van der Waals surface area contributed by atoms with Gasteiger partial charge in [-0.3, -0.25) is 14.5 Å². The first-order chi connectivity index (χ1) is 9.76. The molecule has 2 atom stereocenters. The number of nitrogens with one attached hydrogen (secondary N) is 1. The summed E-state index contributed by atoms with van der Waals surface area (Å²) >= 11 is 18.0. The van der Waals surface area contributed by atoms with Crippen LogP contribution in [0.15, 0.2) is 11.3 Å². The number of carbonyl (C=O) groups excluding carboxylic acids is 3. The topological polar surface area (TPSA) is 75.7 Å². The molecule has 1 fully saturated rings. The largest absolute Gasteiger partial charge is 0.456 e. The van der Waals surface area contributed by atoms with Gasteiger partial charge in [0.2, 0.25) is 10.2 Å². The second-order valence-corrected chi connectivity index (χ2v) is 8.11. The summed E-state index contributed by atoms with van der Waals surface area (Å²) in [6.07, 6.45) is 0.465. The van der Waals surface area contributed by atoms with Crippen molar-refractivity contribution in [1.29, 1.82) is 0 Å². The lowest BCUT2D eigenvalue weighted by atomic mass is 10.0. The van der Waals surface area contributed by atoms with Crippen molar-refractivity contribution < 1.29 is 19.1 Å². The zero-order valence-corrected chi connectivity index (χ0v) is 13.9. The molecule has 2 rings (SSSR count). The van der Waals surface area contributed by atoms with E-state index in [1.165, 1.54) is 16.7 Å². The van der Waals surface area contributed by atoms with Crippen LogP contribution in [0.5, 0.6) is 0 Å². The predicted molar refractivity (Wildman–Crippen MR) is 80.0 cm³/mol. The number of thioether (sulfide) groups is 1. The summed E-state index contributed by atoms with van der Waals surface area (Å²) in [7, 11) is 0. The highest BCUT2D eigenvalue weighted by Crippen LogP contribution is 2.40. The highest BCUT2D eigenvalue weighted by atomic mass is 35.6. The standard InChI is InChI=1S/C11H11Cl3N2O4S/c1-5-2-21-9-6(15-4-17)8(18)16(9)7(5)10(19)20-3-11(12,13)14/h4,6,9H,2-3H2,1H3,(H,15,17)/t6-,9-/m1/s1. The fourth-order valence-electron chi connectivity index (χ4n) is 2.07. The highest BCUT2D eigenvalue weighted by Gasteiger charge is 2.53. The first kappa shape index (κ1) is 16.7. The van der Waals surface area contributed by atoms with Crippen molar-refractivity contribution in [1.82, 2.24) is 10.2 Å². The van der Waals surface area contributed by atoms with Gasteiger partial charge in [0, 0.05) is 5.75 Å². The van der Waals surface area contributed by atoms with Crippen molar-refractivity contribution in [3.05, 3.63) is 11.3 Å². The second-order valence-electron chi connectivity index (χ2n) is 4.49. The zero-order valence-electron chi connectivity index (χ0n) is 10.8. The number of nitrogens with zero attached hydrogens (tertiary/aromatic N) is 1. The predicted octanol–water partition coefficient (Wildman–Crippen LogP) is 1.20. The molecular weight excluding hydrogens is 363 g/mol. The minimum atomic E-state index is -1.71. The molecule has 0 spiro atoms. The molecular formula is C11H11Cl3N2O4S. The number of fused-ring (bicyclic) bond motifs is 1. The van der Waals surface area contributed by atoms with Crippen LogP contribution in [-0.2, 0) is 19.1 Å². The van der Waals surface area contributed by atoms with Crippen LogP contribution >= 0.6 is 46.6 Å². The van der Waals surface area contributed by atoms with E-state index in [1.54, 1.807) is 6.92 Å². The quantitative estimate of drug-likeness (QED) is 0.347. The number of ether oxygens (including phenoxy) is 1. The molecule has 0 aromatic rings. The lowest BCUT2D eigenvalue weighted by Gasteiger charge is -2.49. The Kier molecular flexibility index (Phi) is 4.97. The Morgan fingerprint density at radius 3 is 2.81 bits per heavy atom. The number of carbonyl (C=O) groups is 3. The molecule has 21 heavy (non-hydrogen) atoms. The molecule has 0 bridgehead atoms. The lowest BCUT2D eigenvalue weighted by Crippen LogP contribution is -2.69. The Bertz CT molecular complexity index is 520. The number of amides is 2. The van der Waals surface area contributed by atoms with Gasteiger partial charge in [-0.2, -0.15) is 0 Å². The Balaban J connectivity index is 2.13. The third-order valence-electron chi connectivity index (χ3n) is 2.97. The average Bonchev–Trinajstić information content (AvgIpc) is 2.41. The third-order valence-corrected chi connectivity index (χ3v) is 4.72. The summed E-state index contributed by atoms with van der Waals surface area (Å²) in [6.45, 7) is 1.31. The van der Waals surface area contributed by atoms with E-state index in [4.69, 9.17) is 39.5 Å². The number of β-lactam (4-membered cyclic amide) rings is 1. The van der Waals surface area contributed by atoms with Crippen LogP contribution in [0.3, 0.4) is 0 Å². The monoisotopic (exact) mass is 372 g/mol. The molecule has 0 saturated carbocycles. The molecule has 0 aliphatic carbocycles. The smallest absolute Gasteiger partial charge is 0.355 e. The van der Waals surface area contributed by atoms with Crippen molar-refractivity contribution in [2.75, 3.05) is 12.4 Å². The van der Waals surface area contributed by atoms with E-state index in [9.17, 15) is 14.4 Å². The summed E-state index contributed by atoms with van der Waals surface area (Å²) in [4.78, 5) is 35.9. The second kappa shape index (κ2) is 6.24. The van der Waals surface area contributed by atoms with Crippen molar-refractivity contribution in [3.8, 4) is 0 Å². The fraction of sp³-hybridized carbons (Fsp3) is 0.545. The van der Waals surface area contributed by atoms with Crippen molar-refractivity contribution >= 4 is 64.9 Å². The van der Waals surface area contributed by atoms with Gasteiger partial charge < -0.3 is 10.1 Å². The van der Waals surface area contributed by atoms with Crippen LogP contribution < -0.4 is 5.32 Å². The van der Waals surface area contributed by atoms with E-state index in [1.807, 2.05) is 0 Å². The Morgan fingerprint density at radius 1 is 1.57 bits per heavy atom. The number of halogens is 3. The number of alkyl halides is 3. The summed E-state index contributed by atoms with van der Waals surface area (Å²) in [5.41, 5.74) is 0.852. The minimum absolute atomic E-state index is 0.155. The van der Waals surface area contributed by atoms with E-state index in [0.717, 1.165) is 0 Å². The van der Waals surface area contributed by atoms with Crippen LogP contribution in [0.2, 0.25) is 0 Å². The zero-order chi connectivity index (χ0) is 15.8. The van der Waals surface area contributed by atoms with E-state index < -0.39 is 22.4 Å². The number of esters is 1. The maximum absolute atomic E-state index is 12.1. The fourth-order valence-corrected chi connectivity index (χ4v) is 3.54. The van der Waals surface area contributed by atoms with E-state index in [2.05, 4.69) is 5.32 Å². The first-order valence-electron chi connectivity index (χ1n) is 5.84. The molecule has 2 amide bonds. The molecule has 1 N–H and O–H groups in total. The van der Waals surface area contributed by atoms with Gasteiger partial charge in [0.15, 0.2) is 0 Å². The van der Waals surface area contributed by atoms with Gasteiger partial charge in [-0.25, -0.2) is 4.79 Å². The van der Waals surface area contributed by atoms with Crippen LogP contribution in [0.25, 0.3) is 0 Å². The number of rotatable bonds is 4. The maximum atomic E-state index is 12.1. The van der Waals surface area contributed by atoms with E-state index >= 15 is 0 Å². The Hall–Kier alpha value is -0.630. The number of hydrogen-bond acceptors (Lipinski definition) is 5. The van der Waals surface area contributed by atoms with Gasteiger partial charge >= 0.3 is 5.97 Å². The molecule has 2 aliphatic rings. The first-order valence-corrected chi connectivity index (χ1v) is 8.02. The van der Waals surface area contributed by atoms with Gasteiger partial charge in [0.05, 0.1) is 0 Å². The Labute approximate surface area is 140 Å². The molecule has 2 heterocycles. The normalized spacial score (nSPS) is 25.1. The van der Waals surface area contributed by atoms with Gasteiger partial charge in [-0.05, 0) is 12.5 Å². The van der Waals surface area contributed by atoms with Gasteiger partial charge in [0.25, 0.3) is 5.91 Å². The van der Waals surface area contributed by atoms with Crippen molar-refractivity contribution in [2.45, 2.75) is 22.1 Å². The van der Waals surface area contributed by atoms with Crippen LogP contribution in [0.1, 0.15) is 6.92 Å².